The maximum Gasteiger partial charge on any atom is 0.248 e. The summed E-state index contributed by atoms with van der Waals surface area (Å²) < 4.78 is 1.97. The maximum absolute atomic E-state index is 11.9. The summed E-state index contributed by atoms with van der Waals surface area (Å²) in [4.78, 5) is 20.8. The molecule has 1 amide bonds. The zero-order valence-corrected chi connectivity index (χ0v) is 15.3. The summed E-state index contributed by atoms with van der Waals surface area (Å²) in [6, 6.07) is 10.7. The fourth-order valence-corrected chi connectivity index (χ4v) is 3.63. The zero-order chi connectivity index (χ0) is 18.3. The number of amides is 1. The number of carbonyl (C=O) groups excluding carboxylic acids is 1. The first kappa shape index (κ1) is 16.7. The topological polar surface area (TPSA) is 72.7 Å². The monoisotopic (exact) mass is 349 g/mol. The third kappa shape index (κ3) is 2.96. The predicted molar refractivity (Wildman–Crippen MR) is 101 cm³/mol. The Hall–Kier alpha value is -2.76. The number of hydrogen-bond donors (Lipinski definition) is 1. The van der Waals surface area contributed by atoms with Crippen molar-refractivity contribution in [1.29, 1.82) is 0 Å². The number of anilines is 1. The van der Waals surface area contributed by atoms with Gasteiger partial charge in [0.25, 0.3) is 0 Å². The minimum Gasteiger partial charge on any atom is -0.293 e. The first-order valence-corrected chi connectivity index (χ1v) is 9.14. The highest BCUT2D eigenvalue weighted by Gasteiger charge is 2.30. The molecule has 26 heavy (non-hydrogen) atoms. The van der Waals surface area contributed by atoms with Crippen LogP contribution in [0, 0.1) is 5.92 Å². The van der Waals surface area contributed by atoms with Gasteiger partial charge in [0, 0.05) is 29.8 Å². The second-order valence-corrected chi connectivity index (χ2v) is 7.28. The standard InChI is InChI=1S/C20H23N5O/c1-12(2)19(26)23-20-22-18-9-7-16(13(3)25(18)24-20)14-6-8-17-15(11-14)5-4-10-21-17/h4-6,8,10-13,16H,7,9H2,1-3H3,(H,23,24,26). The van der Waals surface area contributed by atoms with Crippen LogP contribution < -0.4 is 5.32 Å². The Morgan fingerprint density at radius 1 is 1.31 bits per heavy atom. The van der Waals surface area contributed by atoms with Crippen LogP contribution in [0.2, 0.25) is 0 Å². The van der Waals surface area contributed by atoms with Crippen molar-refractivity contribution in [3.8, 4) is 0 Å². The molecule has 1 N–H and O–H groups in total. The number of nitrogens with one attached hydrogen (secondary N) is 1. The van der Waals surface area contributed by atoms with E-state index in [0.717, 1.165) is 29.6 Å². The number of benzene rings is 1. The molecular weight excluding hydrogens is 326 g/mol. The molecule has 1 aromatic carbocycles. The normalized spacial score (nSPS) is 19.5. The number of fused-ring (bicyclic) bond motifs is 2. The van der Waals surface area contributed by atoms with Gasteiger partial charge >= 0.3 is 0 Å². The molecule has 0 radical (unpaired) electrons. The van der Waals surface area contributed by atoms with Gasteiger partial charge < -0.3 is 0 Å². The summed E-state index contributed by atoms with van der Waals surface area (Å²) in [7, 11) is 0. The van der Waals surface area contributed by atoms with Crippen molar-refractivity contribution in [2.45, 2.75) is 45.6 Å². The molecule has 2 unspecified atom stereocenters. The van der Waals surface area contributed by atoms with Crippen LogP contribution in [0.15, 0.2) is 36.5 Å². The Labute approximate surface area is 152 Å². The van der Waals surface area contributed by atoms with Crippen molar-refractivity contribution in [2.24, 2.45) is 5.92 Å². The molecule has 6 nitrogen and oxygen atoms in total. The molecule has 0 fully saturated rings. The van der Waals surface area contributed by atoms with Crippen LogP contribution in [0.4, 0.5) is 5.95 Å². The molecule has 0 saturated carbocycles. The molecule has 4 rings (SSSR count). The summed E-state index contributed by atoms with van der Waals surface area (Å²) in [6.45, 7) is 5.89. The van der Waals surface area contributed by atoms with E-state index in [4.69, 9.17) is 0 Å². The van der Waals surface area contributed by atoms with E-state index < -0.39 is 0 Å². The van der Waals surface area contributed by atoms with Gasteiger partial charge in [-0.15, -0.1) is 5.10 Å². The summed E-state index contributed by atoms with van der Waals surface area (Å²) in [5.41, 5.74) is 2.31. The summed E-state index contributed by atoms with van der Waals surface area (Å²) in [5, 5.41) is 8.52. The summed E-state index contributed by atoms with van der Waals surface area (Å²) in [6.07, 6.45) is 3.69. The van der Waals surface area contributed by atoms with E-state index in [9.17, 15) is 4.79 Å². The van der Waals surface area contributed by atoms with Crippen molar-refractivity contribution in [2.75, 3.05) is 5.32 Å². The Morgan fingerprint density at radius 3 is 2.96 bits per heavy atom. The predicted octanol–water partition coefficient (Wildman–Crippen LogP) is 3.71. The fraction of sp³-hybridized carbons (Fsp3) is 0.400. The summed E-state index contributed by atoms with van der Waals surface area (Å²) >= 11 is 0. The van der Waals surface area contributed by atoms with E-state index in [2.05, 4.69) is 51.6 Å². The van der Waals surface area contributed by atoms with Gasteiger partial charge in [0.2, 0.25) is 11.9 Å². The average Bonchev–Trinajstić information content (AvgIpc) is 3.05. The van der Waals surface area contributed by atoms with Gasteiger partial charge in [-0.25, -0.2) is 4.68 Å². The van der Waals surface area contributed by atoms with E-state index in [-0.39, 0.29) is 17.9 Å². The number of pyridine rings is 1. The molecule has 3 heterocycles. The van der Waals surface area contributed by atoms with Gasteiger partial charge in [-0.3, -0.25) is 15.1 Å². The fourth-order valence-electron chi connectivity index (χ4n) is 3.63. The molecule has 3 aromatic rings. The zero-order valence-electron chi connectivity index (χ0n) is 15.3. The van der Waals surface area contributed by atoms with Gasteiger partial charge in [-0.05, 0) is 37.1 Å². The Bertz CT molecular complexity index is 962. The van der Waals surface area contributed by atoms with Gasteiger partial charge in [0.15, 0.2) is 0 Å². The molecule has 0 spiro atoms. The minimum absolute atomic E-state index is 0.0563. The summed E-state index contributed by atoms with van der Waals surface area (Å²) in [5.74, 6) is 1.57. The van der Waals surface area contributed by atoms with Crippen LogP contribution in [0.25, 0.3) is 10.9 Å². The SMILES string of the molecule is CC(C)C(=O)Nc1nc2n(n1)C(C)C(c1ccc3ncccc3c1)CC2. The average molecular weight is 349 g/mol. The highest BCUT2D eigenvalue weighted by Crippen LogP contribution is 2.38. The quantitative estimate of drug-likeness (QED) is 0.782. The highest BCUT2D eigenvalue weighted by molar-refractivity contribution is 5.90. The third-order valence-corrected chi connectivity index (χ3v) is 5.16. The molecule has 2 atom stereocenters. The molecule has 0 aliphatic carbocycles. The lowest BCUT2D eigenvalue weighted by Gasteiger charge is -2.30. The molecule has 2 aromatic heterocycles. The van der Waals surface area contributed by atoms with Crippen molar-refractivity contribution >= 4 is 22.8 Å². The second-order valence-electron chi connectivity index (χ2n) is 7.28. The van der Waals surface area contributed by atoms with Crippen LogP contribution in [0.3, 0.4) is 0 Å². The lowest BCUT2D eigenvalue weighted by atomic mass is 9.85. The maximum atomic E-state index is 11.9. The lowest BCUT2D eigenvalue weighted by molar-refractivity contribution is -0.118. The van der Waals surface area contributed by atoms with E-state index in [0.29, 0.717) is 11.9 Å². The molecule has 0 saturated heterocycles. The van der Waals surface area contributed by atoms with Gasteiger partial charge in [-0.1, -0.05) is 26.0 Å². The Kier molecular flexibility index (Phi) is 4.18. The van der Waals surface area contributed by atoms with E-state index in [1.54, 1.807) is 0 Å². The van der Waals surface area contributed by atoms with Crippen LogP contribution in [0.5, 0.6) is 0 Å². The Morgan fingerprint density at radius 2 is 2.15 bits per heavy atom. The van der Waals surface area contributed by atoms with Crippen molar-refractivity contribution in [3.63, 3.8) is 0 Å². The van der Waals surface area contributed by atoms with Crippen LogP contribution in [-0.4, -0.2) is 25.7 Å². The van der Waals surface area contributed by atoms with Crippen molar-refractivity contribution in [1.82, 2.24) is 19.7 Å². The second kappa shape index (κ2) is 6.52. The minimum atomic E-state index is -0.0908. The molecule has 0 bridgehead atoms. The van der Waals surface area contributed by atoms with Crippen molar-refractivity contribution in [3.05, 3.63) is 47.9 Å². The number of aromatic nitrogens is 4. The smallest absolute Gasteiger partial charge is 0.248 e. The first-order valence-electron chi connectivity index (χ1n) is 9.14. The van der Waals surface area contributed by atoms with Crippen LogP contribution >= 0.6 is 0 Å². The van der Waals surface area contributed by atoms with E-state index >= 15 is 0 Å². The lowest BCUT2D eigenvalue weighted by Crippen LogP contribution is -2.24. The Balaban J connectivity index is 1.61. The van der Waals surface area contributed by atoms with Gasteiger partial charge in [0.1, 0.15) is 5.82 Å². The van der Waals surface area contributed by atoms with Crippen LogP contribution in [0.1, 0.15) is 50.5 Å². The number of nitrogens with zero attached hydrogens (tertiary/aromatic N) is 4. The third-order valence-electron chi connectivity index (χ3n) is 5.16. The van der Waals surface area contributed by atoms with Crippen molar-refractivity contribution < 1.29 is 4.79 Å². The number of aryl methyl sites for hydroxylation is 1. The molecular formula is C20H23N5O. The molecule has 1 aliphatic rings. The number of hydrogen-bond acceptors (Lipinski definition) is 4. The van der Waals surface area contributed by atoms with E-state index in [1.165, 1.54) is 5.56 Å². The van der Waals surface area contributed by atoms with Crippen LogP contribution in [-0.2, 0) is 11.2 Å². The highest BCUT2D eigenvalue weighted by atomic mass is 16.2. The van der Waals surface area contributed by atoms with E-state index in [1.807, 2.05) is 30.8 Å². The molecule has 1 aliphatic heterocycles. The number of rotatable bonds is 3. The van der Waals surface area contributed by atoms with Gasteiger partial charge in [0.05, 0.1) is 11.6 Å². The largest absolute Gasteiger partial charge is 0.293 e. The number of carbonyl (C=O) groups is 1. The molecule has 6 heteroatoms. The molecule has 134 valence electrons. The van der Waals surface area contributed by atoms with Gasteiger partial charge in [-0.2, -0.15) is 4.98 Å². The first-order chi connectivity index (χ1) is 12.5.